The van der Waals surface area contributed by atoms with Crippen molar-refractivity contribution in [2.24, 2.45) is 30.4 Å². The average Bonchev–Trinajstić information content (AvgIpc) is 3.17. The van der Waals surface area contributed by atoms with Crippen LogP contribution in [0.3, 0.4) is 0 Å². The van der Waals surface area contributed by atoms with Crippen molar-refractivity contribution in [3.05, 3.63) is 99.4 Å². The van der Waals surface area contributed by atoms with Crippen LogP contribution in [0.25, 0.3) is 0 Å². The van der Waals surface area contributed by atoms with Gasteiger partial charge < -0.3 is 28.1 Å². The van der Waals surface area contributed by atoms with E-state index in [2.05, 4.69) is 45.4 Å². The summed E-state index contributed by atoms with van der Waals surface area (Å²) < 4.78 is 145. The van der Waals surface area contributed by atoms with Gasteiger partial charge in [-0.1, -0.05) is 35.3 Å². The van der Waals surface area contributed by atoms with E-state index < -0.39 is 61.8 Å². The Morgan fingerprint density at radius 3 is 1.50 bits per heavy atom. The first kappa shape index (κ1) is 59.9. The van der Waals surface area contributed by atoms with Crippen molar-refractivity contribution in [3.63, 3.8) is 0 Å². The molecule has 0 fully saturated rings. The predicted molar refractivity (Wildman–Crippen MR) is 220 cm³/mol. The van der Waals surface area contributed by atoms with Gasteiger partial charge >= 0.3 is 88.7 Å². The maximum Gasteiger partial charge on any atom is 1.00 e. The Kier molecular flexibility index (Phi) is 23.7. The number of hydrogen-bond acceptors (Lipinski definition) is 20. The molecule has 0 saturated carbocycles. The van der Waals surface area contributed by atoms with Gasteiger partial charge in [0.15, 0.2) is 0 Å². The number of rotatable bonds is 18. The van der Waals surface area contributed by atoms with E-state index in [1.807, 2.05) is 0 Å². The SMILES string of the molecule is O=S(=O)([O-])CCCOc1cc(N=Nc2cccc(S(=O)(=O)[O-])c2)c(Cl)cc1N=c1nc(Cl)[nH]c(=Nc2cc(Cl)c(N=Nc3cccc(S(=O)(=O)O)c3)cc2OCCCS(=O)(=O)[O-])[nH]1.[Na+].[Na+].[Na+]. The molecule has 0 radical (unpaired) electrons. The Morgan fingerprint density at radius 2 is 1.05 bits per heavy atom. The molecule has 0 spiro atoms. The molecule has 5 rings (SSSR count). The summed E-state index contributed by atoms with van der Waals surface area (Å²) in [4.78, 5) is 17.3. The van der Waals surface area contributed by atoms with Gasteiger partial charge in [-0.2, -0.15) is 23.6 Å². The first-order valence-electron chi connectivity index (χ1n) is 17.1. The van der Waals surface area contributed by atoms with Crippen molar-refractivity contribution in [1.82, 2.24) is 15.0 Å². The second-order valence-electron chi connectivity index (χ2n) is 12.3. The van der Waals surface area contributed by atoms with E-state index in [-0.39, 0.29) is 187 Å². The molecule has 66 heavy (non-hydrogen) atoms. The van der Waals surface area contributed by atoms with Crippen LogP contribution in [0.5, 0.6) is 11.5 Å². The maximum absolute atomic E-state index is 11.6. The number of nitrogens with zero attached hydrogens (tertiary/aromatic N) is 7. The zero-order chi connectivity index (χ0) is 46.2. The topological polar surface area (TPSA) is 363 Å². The molecule has 336 valence electrons. The number of nitrogens with one attached hydrogen (secondary N) is 2. The quantitative estimate of drug-likeness (QED) is 0.0337. The van der Waals surface area contributed by atoms with Crippen LogP contribution in [0, 0.1) is 0 Å². The molecule has 23 nitrogen and oxygen atoms in total. The molecule has 33 heteroatoms. The van der Waals surface area contributed by atoms with Gasteiger partial charge in [-0.15, -0.1) is 10.2 Å². The molecule has 3 N–H and O–H groups in total. The third-order valence-electron chi connectivity index (χ3n) is 7.53. The molecule has 0 aliphatic heterocycles. The second kappa shape index (κ2) is 26.1. The third kappa shape index (κ3) is 19.7. The molecule has 1 aromatic heterocycles. The van der Waals surface area contributed by atoms with Gasteiger partial charge in [0.1, 0.15) is 44.4 Å². The molecule has 0 saturated heterocycles. The average molecular weight is 1080 g/mol. The minimum atomic E-state index is -4.81. The largest absolute Gasteiger partial charge is 1.00 e. The van der Waals surface area contributed by atoms with E-state index in [4.69, 9.17) is 44.3 Å². The van der Waals surface area contributed by atoms with Gasteiger partial charge in [0.2, 0.25) is 16.5 Å². The Balaban J connectivity index is 0.00000499. The van der Waals surface area contributed by atoms with Crippen LogP contribution >= 0.6 is 34.8 Å². The number of azo groups is 2. The van der Waals surface area contributed by atoms with Gasteiger partial charge in [0.05, 0.1) is 64.7 Å². The molecular weight excluding hydrogens is 1050 g/mol. The standard InChI is InChI=1S/C33H30Cl3N9O14S4.3Na/c34-23-15-27(29(58-9-3-11-60(46,47)48)17-25(23)44-42-19-5-1-7-21(13-19)62(52,53)54)37-32-39-31(36)40-33(41-32)38-28-16-24(35)26(18-30(28)59-10-4-12-61(49,50)51)45-43-20-6-2-8-22(14-20)63(55,56)57;;;/h1-2,5-8,13-18H,3-4,9-12H2,(H,46,47,48)(H,49,50,51)(H,52,53,54)(H,55,56,57)(H2,37,38,39,40,41);;;/q;3*+1/p-3. The van der Waals surface area contributed by atoms with Gasteiger partial charge in [-0.05, 0) is 73.0 Å². The number of hydrogen-bond donors (Lipinski definition) is 3. The minimum Gasteiger partial charge on any atom is -0.748 e. The van der Waals surface area contributed by atoms with Crippen LogP contribution < -0.4 is 109 Å². The van der Waals surface area contributed by atoms with Crippen molar-refractivity contribution in [3.8, 4) is 11.5 Å². The van der Waals surface area contributed by atoms with Crippen molar-refractivity contribution < 1.29 is 150 Å². The van der Waals surface area contributed by atoms with Crippen LogP contribution in [0.15, 0.2) is 113 Å². The first-order chi connectivity index (χ1) is 29.4. The van der Waals surface area contributed by atoms with Crippen LogP contribution in [0.1, 0.15) is 12.8 Å². The Hall–Kier alpha value is -2.20. The minimum absolute atomic E-state index is 0. The Labute approximate surface area is 457 Å². The van der Waals surface area contributed by atoms with Crippen molar-refractivity contribution in [2.75, 3.05) is 24.7 Å². The van der Waals surface area contributed by atoms with Gasteiger partial charge in [-0.25, -0.2) is 35.2 Å². The third-order valence-corrected chi connectivity index (χ3v) is 11.6. The fourth-order valence-corrected chi connectivity index (χ4v) is 7.35. The summed E-state index contributed by atoms with van der Waals surface area (Å²) in [6, 6.07) is 14.5. The van der Waals surface area contributed by atoms with Gasteiger partial charge in [-0.3, -0.25) is 9.54 Å². The van der Waals surface area contributed by atoms with Gasteiger partial charge in [0, 0.05) is 23.6 Å². The molecular formula is C33H27Cl3N9Na3O14S4. The summed E-state index contributed by atoms with van der Waals surface area (Å²) >= 11 is 19.3. The number of H-pyrrole nitrogens is 2. The fraction of sp³-hybridized carbons (Fsp3) is 0.182. The number of ether oxygens (including phenoxy) is 2. The van der Waals surface area contributed by atoms with E-state index in [0.29, 0.717) is 0 Å². The number of aromatic amines is 2. The number of halogens is 3. The summed E-state index contributed by atoms with van der Waals surface area (Å²) in [6.07, 6.45) is -0.462. The molecule has 4 aromatic carbocycles. The van der Waals surface area contributed by atoms with E-state index in [0.717, 1.165) is 24.3 Å². The molecule has 0 amide bonds. The zero-order valence-electron chi connectivity index (χ0n) is 34.3. The fourth-order valence-electron chi connectivity index (χ4n) is 4.82. The summed E-state index contributed by atoms with van der Waals surface area (Å²) in [5.41, 5.74) is -0.623. The van der Waals surface area contributed by atoms with Crippen molar-refractivity contribution in [2.45, 2.75) is 22.6 Å². The Bertz CT molecular complexity index is 3010. The van der Waals surface area contributed by atoms with Crippen LogP contribution in [-0.4, -0.2) is 91.6 Å². The summed E-state index contributed by atoms with van der Waals surface area (Å²) in [7, 11) is -18.5. The van der Waals surface area contributed by atoms with Crippen LogP contribution in [0.4, 0.5) is 34.1 Å². The Morgan fingerprint density at radius 1 is 0.591 bits per heavy atom. The molecule has 0 aliphatic carbocycles. The van der Waals surface area contributed by atoms with Crippen LogP contribution in [0.2, 0.25) is 15.3 Å². The smallest absolute Gasteiger partial charge is 0.748 e. The summed E-state index contributed by atoms with van der Waals surface area (Å²) in [5, 5.41) is 15.4. The first-order valence-corrected chi connectivity index (χ1v) is 24.3. The number of benzene rings is 4. The molecule has 0 bridgehead atoms. The number of aromatic nitrogens is 3. The monoisotopic (exact) mass is 1070 g/mol. The molecule has 1 heterocycles. The summed E-state index contributed by atoms with van der Waals surface area (Å²) in [6.45, 7) is -0.624. The van der Waals surface area contributed by atoms with E-state index in [9.17, 15) is 51.9 Å². The second-order valence-corrected chi connectivity index (χ2v) is 19.4. The maximum atomic E-state index is 11.6. The normalized spacial score (nSPS) is 12.7. The zero-order valence-corrected chi connectivity index (χ0v) is 45.9. The predicted octanol–water partition coefficient (Wildman–Crippen LogP) is -3.22. The van der Waals surface area contributed by atoms with Crippen LogP contribution in [-0.2, 0) is 40.5 Å². The van der Waals surface area contributed by atoms with Gasteiger partial charge in [0.25, 0.3) is 10.1 Å². The van der Waals surface area contributed by atoms with E-state index in [1.165, 1.54) is 48.5 Å². The molecule has 5 aromatic rings. The molecule has 0 aliphatic rings. The molecule has 0 atom stereocenters. The summed E-state index contributed by atoms with van der Waals surface area (Å²) in [5.74, 6) is -1.69. The molecule has 0 unspecified atom stereocenters. The van der Waals surface area contributed by atoms with Crippen molar-refractivity contribution in [1.29, 1.82) is 0 Å². The van der Waals surface area contributed by atoms with Crippen molar-refractivity contribution >= 4 is 109 Å². The van der Waals surface area contributed by atoms with E-state index in [1.54, 1.807) is 0 Å². The van der Waals surface area contributed by atoms with E-state index >= 15 is 0 Å².